The molecule has 0 aromatic carbocycles. The summed E-state index contributed by atoms with van der Waals surface area (Å²) in [5.74, 6) is -1.03. The highest BCUT2D eigenvalue weighted by Gasteiger charge is 2.13. The Hall–Kier alpha value is -2.12. The maximum Gasteiger partial charge on any atom is 0.335 e. The first-order valence-corrected chi connectivity index (χ1v) is 8.11. The molecule has 0 aliphatic rings. The molecule has 0 saturated heterocycles. The highest BCUT2D eigenvalue weighted by atomic mass is 79.9. The molecule has 3 heterocycles. The number of pyridine rings is 3. The molecule has 5 nitrogen and oxygen atoms in total. The van der Waals surface area contributed by atoms with Crippen LogP contribution in [0.1, 0.15) is 10.4 Å². The van der Waals surface area contributed by atoms with Crippen LogP contribution in [0, 0.1) is 0 Å². The summed E-state index contributed by atoms with van der Waals surface area (Å²) in [7, 11) is 0. The number of nitrogens with zero attached hydrogens (tertiary/aromatic N) is 3. The van der Waals surface area contributed by atoms with E-state index in [1.807, 2.05) is 0 Å². The van der Waals surface area contributed by atoms with Crippen molar-refractivity contribution in [2.45, 2.75) is 0 Å². The zero-order valence-electron chi connectivity index (χ0n) is 11.6. The van der Waals surface area contributed by atoms with Crippen molar-refractivity contribution in [1.82, 2.24) is 15.0 Å². The summed E-state index contributed by atoms with van der Waals surface area (Å²) in [5.41, 5.74) is 2.25. The van der Waals surface area contributed by atoms with Gasteiger partial charge in [0.2, 0.25) is 0 Å². The van der Waals surface area contributed by atoms with E-state index in [1.165, 1.54) is 12.1 Å². The van der Waals surface area contributed by atoms with E-state index in [2.05, 4.69) is 46.8 Å². The lowest BCUT2D eigenvalue weighted by Gasteiger charge is -2.07. The zero-order valence-corrected chi connectivity index (χ0v) is 14.7. The molecule has 0 amide bonds. The van der Waals surface area contributed by atoms with Gasteiger partial charge in [-0.15, -0.1) is 0 Å². The number of carboxylic acids is 1. The second kappa shape index (κ2) is 6.55. The highest BCUT2D eigenvalue weighted by molar-refractivity contribution is 9.10. The van der Waals surface area contributed by atoms with Crippen molar-refractivity contribution in [2.24, 2.45) is 0 Å². The van der Waals surface area contributed by atoms with E-state index in [0.717, 1.165) is 8.95 Å². The minimum absolute atomic E-state index is 0.133. The summed E-state index contributed by atoms with van der Waals surface area (Å²) < 4.78 is 1.68. The molecular weight excluding hydrogens is 426 g/mol. The molecule has 3 aromatic rings. The monoisotopic (exact) mass is 433 g/mol. The van der Waals surface area contributed by atoms with Gasteiger partial charge in [-0.25, -0.2) is 9.78 Å². The number of carbonyl (C=O) groups is 1. The van der Waals surface area contributed by atoms with Crippen molar-refractivity contribution >= 4 is 37.8 Å². The lowest BCUT2D eigenvalue weighted by molar-refractivity contribution is 0.0697. The largest absolute Gasteiger partial charge is 0.478 e. The van der Waals surface area contributed by atoms with E-state index in [1.54, 1.807) is 36.7 Å². The predicted octanol–water partition coefficient (Wildman–Crippen LogP) is 4.43. The molecule has 0 saturated carbocycles. The number of carboxylic acid groups (broad SMARTS) is 1. The van der Waals surface area contributed by atoms with Crippen LogP contribution >= 0.6 is 31.9 Å². The summed E-state index contributed by atoms with van der Waals surface area (Å²) in [6.07, 6.45) is 3.26. The minimum atomic E-state index is -1.03. The number of hydrogen-bond acceptors (Lipinski definition) is 4. The Kier molecular flexibility index (Phi) is 4.49. The van der Waals surface area contributed by atoms with E-state index in [9.17, 15) is 9.90 Å². The SMILES string of the molecule is O=C(O)c1cc(-c2cc(Br)ccn2)nc(-c2cc(Br)ccn2)c1. The molecule has 0 aliphatic heterocycles. The number of halogens is 2. The van der Waals surface area contributed by atoms with Crippen LogP contribution in [0.15, 0.2) is 57.7 Å². The predicted molar refractivity (Wildman–Crippen MR) is 93.1 cm³/mol. The van der Waals surface area contributed by atoms with Crippen molar-refractivity contribution in [1.29, 1.82) is 0 Å². The fourth-order valence-corrected chi connectivity index (χ4v) is 2.68. The molecule has 0 bridgehead atoms. The second-order valence-corrected chi connectivity index (χ2v) is 6.48. The van der Waals surface area contributed by atoms with Crippen molar-refractivity contribution < 1.29 is 9.90 Å². The van der Waals surface area contributed by atoms with E-state index in [0.29, 0.717) is 22.8 Å². The van der Waals surface area contributed by atoms with Crippen LogP contribution in [-0.4, -0.2) is 26.0 Å². The first-order valence-electron chi connectivity index (χ1n) is 6.52. The molecule has 3 aromatic heterocycles. The standard InChI is InChI=1S/C16H9Br2N3O2/c17-10-1-3-19-12(7-10)14-5-9(16(22)23)6-15(21-14)13-8-11(18)2-4-20-13/h1-8H,(H,22,23). The van der Waals surface area contributed by atoms with Crippen LogP contribution in [0.2, 0.25) is 0 Å². The smallest absolute Gasteiger partial charge is 0.335 e. The minimum Gasteiger partial charge on any atom is -0.478 e. The lowest BCUT2D eigenvalue weighted by Crippen LogP contribution is -2.01. The van der Waals surface area contributed by atoms with Gasteiger partial charge in [0.25, 0.3) is 0 Å². The molecule has 0 radical (unpaired) electrons. The third kappa shape index (κ3) is 3.62. The molecule has 0 spiro atoms. The third-order valence-corrected chi connectivity index (χ3v) is 4.03. The van der Waals surface area contributed by atoms with Crippen molar-refractivity contribution in [2.75, 3.05) is 0 Å². The van der Waals surface area contributed by atoms with Gasteiger partial charge in [0.15, 0.2) is 0 Å². The summed E-state index contributed by atoms with van der Waals surface area (Å²) in [5, 5.41) is 9.35. The Morgan fingerprint density at radius 2 is 1.30 bits per heavy atom. The molecule has 23 heavy (non-hydrogen) atoms. The van der Waals surface area contributed by atoms with Crippen molar-refractivity contribution in [3.63, 3.8) is 0 Å². The van der Waals surface area contributed by atoms with Gasteiger partial charge in [0.1, 0.15) is 0 Å². The lowest BCUT2D eigenvalue weighted by atomic mass is 10.1. The van der Waals surface area contributed by atoms with Crippen molar-refractivity contribution in [3.05, 3.63) is 63.3 Å². The first-order chi connectivity index (χ1) is 11.0. The summed E-state index contributed by atoms with van der Waals surface area (Å²) >= 11 is 6.75. The first kappa shape index (κ1) is 15.8. The molecule has 0 atom stereocenters. The fraction of sp³-hybridized carbons (Fsp3) is 0. The maximum absolute atomic E-state index is 11.4. The highest BCUT2D eigenvalue weighted by Crippen LogP contribution is 2.25. The van der Waals surface area contributed by atoms with Crippen LogP contribution in [0.3, 0.4) is 0 Å². The Labute approximate surface area is 148 Å². The van der Waals surface area contributed by atoms with Gasteiger partial charge in [0, 0.05) is 21.3 Å². The van der Waals surface area contributed by atoms with Crippen LogP contribution in [0.5, 0.6) is 0 Å². The molecule has 0 fully saturated rings. The Balaban J connectivity index is 2.19. The number of hydrogen-bond donors (Lipinski definition) is 1. The molecule has 3 rings (SSSR count). The number of rotatable bonds is 3. The summed E-state index contributed by atoms with van der Waals surface area (Å²) in [6.45, 7) is 0. The van der Waals surface area contributed by atoms with Gasteiger partial charge in [0.05, 0.1) is 28.3 Å². The van der Waals surface area contributed by atoms with Gasteiger partial charge in [-0.1, -0.05) is 31.9 Å². The Morgan fingerprint density at radius 1 is 0.826 bits per heavy atom. The molecule has 114 valence electrons. The second-order valence-electron chi connectivity index (χ2n) is 4.65. The summed E-state index contributed by atoms with van der Waals surface area (Å²) in [4.78, 5) is 24.4. The number of aromatic nitrogens is 3. The molecule has 0 unspecified atom stereocenters. The number of aromatic carboxylic acids is 1. The van der Waals surface area contributed by atoms with E-state index in [-0.39, 0.29) is 5.56 Å². The Bertz CT molecular complexity index is 836. The van der Waals surface area contributed by atoms with Crippen LogP contribution in [0.4, 0.5) is 0 Å². The third-order valence-electron chi connectivity index (χ3n) is 3.04. The fourth-order valence-electron chi connectivity index (χ4n) is 2.01. The van der Waals surface area contributed by atoms with Crippen molar-refractivity contribution in [3.8, 4) is 22.8 Å². The van der Waals surface area contributed by atoms with Gasteiger partial charge >= 0.3 is 5.97 Å². The Morgan fingerprint density at radius 3 is 1.70 bits per heavy atom. The molecular formula is C16H9Br2N3O2. The van der Waals surface area contributed by atoms with Gasteiger partial charge < -0.3 is 5.11 Å². The normalized spacial score (nSPS) is 10.5. The van der Waals surface area contributed by atoms with Crippen LogP contribution in [0.25, 0.3) is 22.8 Å². The van der Waals surface area contributed by atoms with Gasteiger partial charge in [-0.3, -0.25) is 9.97 Å². The molecule has 0 aliphatic carbocycles. The van der Waals surface area contributed by atoms with E-state index >= 15 is 0 Å². The zero-order chi connectivity index (χ0) is 16.4. The topological polar surface area (TPSA) is 76.0 Å². The quantitative estimate of drug-likeness (QED) is 0.659. The van der Waals surface area contributed by atoms with Gasteiger partial charge in [-0.2, -0.15) is 0 Å². The van der Waals surface area contributed by atoms with Crippen LogP contribution < -0.4 is 0 Å². The molecule has 1 N–H and O–H groups in total. The maximum atomic E-state index is 11.4. The van der Waals surface area contributed by atoms with Gasteiger partial charge in [-0.05, 0) is 36.4 Å². The van der Waals surface area contributed by atoms with E-state index < -0.39 is 5.97 Å². The van der Waals surface area contributed by atoms with E-state index in [4.69, 9.17) is 0 Å². The average molecular weight is 435 g/mol. The average Bonchev–Trinajstić information content (AvgIpc) is 2.54. The molecule has 7 heteroatoms. The summed E-state index contributed by atoms with van der Waals surface area (Å²) in [6, 6.07) is 10.2. The van der Waals surface area contributed by atoms with Crippen LogP contribution in [-0.2, 0) is 0 Å².